The van der Waals surface area contributed by atoms with Gasteiger partial charge in [0.1, 0.15) is 6.61 Å². The molecule has 0 aliphatic carbocycles. The molecule has 0 amide bonds. The van der Waals surface area contributed by atoms with E-state index < -0.39 is 12.1 Å². The average Bonchev–Trinajstić information content (AvgIpc) is 2.58. The van der Waals surface area contributed by atoms with E-state index in [1.165, 1.54) is 70.6 Å². The number of carboxylic acid groups (broad SMARTS) is 1. The number of unbranched alkanes of at least 4 members (excludes halogenated alkanes) is 13. The second kappa shape index (κ2) is 19.7. The van der Waals surface area contributed by atoms with E-state index in [-0.39, 0.29) is 13.2 Å². The molecule has 0 aromatic carbocycles. The standard InChI is InChI=1S/C20H40O5/c21-16-14-12-10-8-6-4-2-1-3-5-7-9-11-13-15-19(22)17-25-18-20(23)24/h19,21-22H,1-18H2,(H,23,24). The number of aliphatic hydroxyl groups excluding tert-OH is 2. The van der Waals surface area contributed by atoms with E-state index >= 15 is 0 Å². The Morgan fingerprint density at radius 1 is 0.720 bits per heavy atom. The highest BCUT2D eigenvalue weighted by Crippen LogP contribution is 2.13. The molecule has 0 fully saturated rings. The molecule has 0 radical (unpaired) electrons. The largest absolute Gasteiger partial charge is 0.480 e. The molecule has 0 spiro atoms. The molecule has 5 nitrogen and oxygen atoms in total. The van der Waals surface area contributed by atoms with Crippen molar-refractivity contribution in [3.8, 4) is 0 Å². The number of hydrogen-bond donors (Lipinski definition) is 3. The normalized spacial score (nSPS) is 12.4. The first-order valence-corrected chi connectivity index (χ1v) is 10.2. The van der Waals surface area contributed by atoms with Crippen LogP contribution in [0.2, 0.25) is 0 Å². The SMILES string of the molecule is O=C(O)COCC(O)CCCCCCCCCCCCCCCCO. The van der Waals surface area contributed by atoms with Crippen molar-refractivity contribution in [1.29, 1.82) is 0 Å². The Hall–Kier alpha value is -0.650. The van der Waals surface area contributed by atoms with E-state index in [2.05, 4.69) is 0 Å². The molecule has 1 atom stereocenters. The summed E-state index contributed by atoms with van der Waals surface area (Å²) in [7, 11) is 0. The lowest BCUT2D eigenvalue weighted by atomic mass is 10.0. The van der Waals surface area contributed by atoms with Gasteiger partial charge in [-0.2, -0.15) is 0 Å². The third kappa shape index (κ3) is 21.3. The van der Waals surface area contributed by atoms with Crippen molar-refractivity contribution in [3.05, 3.63) is 0 Å². The lowest BCUT2D eigenvalue weighted by Crippen LogP contribution is -2.18. The third-order valence-electron chi connectivity index (χ3n) is 4.48. The second-order valence-corrected chi connectivity index (χ2v) is 7.02. The summed E-state index contributed by atoms with van der Waals surface area (Å²) in [5.41, 5.74) is 0. The Labute approximate surface area is 153 Å². The van der Waals surface area contributed by atoms with Crippen LogP contribution in [0.5, 0.6) is 0 Å². The molecule has 0 aromatic rings. The molecule has 0 saturated carbocycles. The van der Waals surface area contributed by atoms with Crippen LogP contribution in [0.4, 0.5) is 0 Å². The zero-order valence-corrected chi connectivity index (χ0v) is 16.0. The van der Waals surface area contributed by atoms with Gasteiger partial charge in [-0.1, -0.05) is 83.5 Å². The van der Waals surface area contributed by atoms with Gasteiger partial charge in [0.15, 0.2) is 0 Å². The molecule has 0 aliphatic rings. The van der Waals surface area contributed by atoms with Crippen LogP contribution < -0.4 is 0 Å². The van der Waals surface area contributed by atoms with Gasteiger partial charge < -0.3 is 20.1 Å². The predicted octanol–water partition coefficient (Wildman–Crippen LogP) is 4.29. The van der Waals surface area contributed by atoms with Crippen molar-refractivity contribution < 1.29 is 24.9 Å². The number of rotatable bonds is 20. The van der Waals surface area contributed by atoms with E-state index in [1.807, 2.05) is 0 Å². The maximum absolute atomic E-state index is 10.3. The van der Waals surface area contributed by atoms with Gasteiger partial charge in [0, 0.05) is 6.61 Å². The summed E-state index contributed by atoms with van der Waals surface area (Å²) in [5.74, 6) is -0.995. The smallest absolute Gasteiger partial charge is 0.329 e. The fourth-order valence-electron chi connectivity index (χ4n) is 2.98. The number of carboxylic acids is 1. The number of ether oxygens (including phenoxy) is 1. The summed E-state index contributed by atoms with van der Waals surface area (Å²) in [6, 6.07) is 0. The third-order valence-corrected chi connectivity index (χ3v) is 4.48. The summed E-state index contributed by atoms with van der Waals surface area (Å²) in [6.45, 7) is 0.121. The van der Waals surface area contributed by atoms with Gasteiger partial charge in [-0.25, -0.2) is 4.79 Å². The molecule has 0 aliphatic heterocycles. The Kier molecular flexibility index (Phi) is 19.2. The van der Waals surface area contributed by atoms with Crippen molar-refractivity contribution in [2.24, 2.45) is 0 Å². The van der Waals surface area contributed by atoms with Gasteiger partial charge in [0.25, 0.3) is 0 Å². The molecule has 0 aromatic heterocycles. The topological polar surface area (TPSA) is 87.0 Å². The van der Waals surface area contributed by atoms with Crippen LogP contribution in [0, 0.1) is 0 Å². The van der Waals surface area contributed by atoms with Crippen molar-refractivity contribution >= 4 is 5.97 Å². The quantitative estimate of drug-likeness (QED) is 0.282. The Morgan fingerprint density at radius 2 is 1.12 bits per heavy atom. The molecule has 5 heteroatoms. The fraction of sp³-hybridized carbons (Fsp3) is 0.950. The first-order valence-electron chi connectivity index (χ1n) is 10.2. The minimum Gasteiger partial charge on any atom is -0.480 e. The number of aliphatic hydroxyl groups is 2. The van der Waals surface area contributed by atoms with Crippen molar-refractivity contribution in [3.63, 3.8) is 0 Å². The van der Waals surface area contributed by atoms with Crippen LogP contribution >= 0.6 is 0 Å². The predicted molar refractivity (Wildman–Crippen MR) is 101 cm³/mol. The van der Waals surface area contributed by atoms with Crippen LogP contribution in [0.1, 0.15) is 96.3 Å². The Balaban J connectivity index is 3.10. The highest BCUT2D eigenvalue weighted by molar-refractivity contribution is 5.67. The van der Waals surface area contributed by atoms with Crippen molar-refractivity contribution in [1.82, 2.24) is 0 Å². The molecule has 0 bridgehead atoms. The van der Waals surface area contributed by atoms with E-state index in [1.54, 1.807) is 0 Å². The van der Waals surface area contributed by atoms with Crippen LogP contribution in [0.3, 0.4) is 0 Å². The van der Waals surface area contributed by atoms with Gasteiger partial charge in [0.2, 0.25) is 0 Å². The highest BCUT2D eigenvalue weighted by Gasteiger charge is 2.05. The van der Waals surface area contributed by atoms with Crippen molar-refractivity contribution in [2.45, 2.75) is 102 Å². The van der Waals surface area contributed by atoms with E-state index in [0.717, 1.165) is 19.3 Å². The van der Waals surface area contributed by atoms with Gasteiger partial charge in [0.05, 0.1) is 12.7 Å². The number of hydrogen-bond acceptors (Lipinski definition) is 4. The Morgan fingerprint density at radius 3 is 1.52 bits per heavy atom. The zero-order valence-electron chi connectivity index (χ0n) is 16.0. The molecule has 0 saturated heterocycles. The van der Waals surface area contributed by atoms with E-state index in [9.17, 15) is 9.90 Å². The van der Waals surface area contributed by atoms with E-state index in [0.29, 0.717) is 13.0 Å². The van der Waals surface area contributed by atoms with Crippen LogP contribution in [-0.2, 0) is 9.53 Å². The minimum absolute atomic E-state index is 0.119. The zero-order chi connectivity index (χ0) is 18.6. The summed E-state index contributed by atoms with van der Waals surface area (Å²) in [5, 5.41) is 26.8. The molecule has 25 heavy (non-hydrogen) atoms. The molecular weight excluding hydrogens is 320 g/mol. The Bertz CT molecular complexity index is 283. The van der Waals surface area contributed by atoms with E-state index in [4.69, 9.17) is 14.9 Å². The van der Waals surface area contributed by atoms with Crippen LogP contribution in [0.15, 0.2) is 0 Å². The lowest BCUT2D eigenvalue weighted by molar-refractivity contribution is -0.143. The summed E-state index contributed by atoms with van der Waals surface area (Å²) < 4.78 is 4.87. The molecular formula is C20H40O5. The van der Waals surface area contributed by atoms with Gasteiger partial charge >= 0.3 is 5.97 Å². The van der Waals surface area contributed by atoms with Gasteiger partial charge in [-0.15, -0.1) is 0 Å². The van der Waals surface area contributed by atoms with Gasteiger partial charge in [-0.05, 0) is 12.8 Å². The number of carbonyl (C=O) groups is 1. The second-order valence-electron chi connectivity index (χ2n) is 7.02. The summed E-state index contributed by atoms with van der Waals surface area (Å²) in [6.07, 6.45) is 17.5. The minimum atomic E-state index is -0.995. The monoisotopic (exact) mass is 360 g/mol. The molecule has 150 valence electrons. The fourth-order valence-corrected chi connectivity index (χ4v) is 2.98. The first kappa shape index (κ1) is 24.4. The van der Waals surface area contributed by atoms with Crippen LogP contribution in [-0.4, -0.2) is 47.2 Å². The lowest BCUT2D eigenvalue weighted by Gasteiger charge is -2.10. The summed E-state index contributed by atoms with van der Waals surface area (Å²) in [4.78, 5) is 10.3. The molecule has 3 N–H and O–H groups in total. The van der Waals surface area contributed by atoms with Gasteiger partial charge in [-0.3, -0.25) is 0 Å². The maximum Gasteiger partial charge on any atom is 0.329 e. The number of aliphatic carboxylic acids is 1. The molecule has 1 unspecified atom stereocenters. The molecule has 0 heterocycles. The first-order chi connectivity index (χ1) is 12.2. The van der Waals surface area contributed by atoms with Crippen molar-refractivity contribution in [2.75, 3.05) is 19.8 Å². The van der Waals surface area contributed by atoms with Crippen LogP contribution in [0.25, 0.3) is 0 Å². The average molecular weight is 361 g/mol. The molecule has 0 rings (SSSR count). The highest BCUT2D eigenvalue weighted by atomic mass is 16.5. The maximum atomic E-state index is 10.3. The summed E-state index contributed by atoms with van der Waals surface area (Å²) >= 11 is 0.